The molecule has 1 atom stereocenters. The van der Waals surface area contributed by atoms with Crippen LogP contribution in [0.15, 0.2) is 11.6 Å². The first-order valence-electron chi connectivity index (χ1n) is 4.96. The van der Waals surface area contributed by atoms with Gasteiger partial charge in [0.15, 0.2) is 0 Å². The maximum absolute atomic E-state index is 4.24. The molecule has 3 heteroatoms. The molecule has 2 rings (SSSR count). The standard InChI is InChI=1S/C10H16N2S/c1-8(6-9-2-3-9)12-7-10-11-4-5-13-10/h4-5,8-9,12H,2-3,6-7H2,1H3. The summed E-state index contributed by atoms with van der Waals surface area (Å²) in [7, 11) is 0. The molecule has 0 spiro atoms. The van der Waals surface area contributed by atoms with Crippen molar-refractivity contribution in [1.29, 1.82) is 0 Å². The molecular weight excluding hydrogens is 180 g/mol. The van der Waals surface area contributed by atoms with E-state index in [-0.39, 0.29) is 0 Å². The van der Waals surface area contributed by atoms with Gasteiger partial charge in [-0.05, 0) is 19.3 Å². The molecule has 0 aliphatic heterocycles. The SMILES string of the molecule is CC(CC1CC1)NCc1nccs1. The smallest absolute Gasteiger partial charge is 0.106 e. The molecule has 1 aromatic rings. The van der Waals surface area contributed by atoms with Gasteiger partial charge in [0.1, 0.15) is 5.01 Å². The van der Waals surface area contributed by atoms with Crippen molar-refractivity contribution in [2.75, 3.05) is 0 Å². The van der Waals surface area contributed by atoms with Crippen LogP contribution < -0.4 is 5.32 Å². The van der Waals surface area contributed by atoms with Crippen LogP contribution in [0.5, 0.6) is 0 Å². The molecule has 1 heterocycles. The van der Waals surface area contributed by atoms with Crippen LogP contribution in [0.1, 0.15) is 31.2 Å². The topological polar surface area (TPSA) is 24.9 Å². The van der Waals surface area contributed by atoms with Crippen LogP contribution in [-0.2, 0) is 6.54 Å². The van der Waals surface area contributed by atoms with E-state index in [4.69, 9.17) is 0 Å². The molecule has 1 N–H and O–H groups in total. The second-order valence-electron chi connectivity index (χ2n) is 3.89. The minimum absolute atomic E-state index is 0.649. The number of nitrogens with zero attached hydrogens (tertiary/aromatic N) is 1. The molecule has 0 aromatic carbocycles. The van der Waals surface area contributed by atoms with Gasteiger partial charge >= 0.3 is 0 Å². The van der Waals surface area contributed by atoms with Crippen LogP contribution >= 0.6 is 11.3 Å². The monoisotopic (exact) mass is 196 g/mol. The highest BCUT2D eigenvalue weighted by molar-refractivity contribution is 7.09. The van der Waals surface area contributed by atoms with Gasteiger partial charge in [-0.15, -0.1) is 11.3 Å². The number of hydrogen-bond acceptors (Lipinski definition) is 3. The normalized spacial score (nSPS) is 18.8. The molecule has 1 fully saturated rings. The molecule has 1 aliphatic rings. The van der Waals surface area contributed by atoms with Crippen molar-refractivity contribution in [3.63, 3.8) is 0 Å². The minimum atomic E-state index is 0.649. The average molecular weight is 196 g/mol. The van der Waals surface area contributed by atoms with E-state index in [0.717, 1.165) is 12.5 Å². The fraction of sp³-hybridized carbons (Fsp3) is 0.700. The zero-order chi connectivity index (χ0) is 9.10. The van der Waals surface area contributed by atoms with Crippen molar-refractivity contribution >= 4 is 11.3 Å². The molecule has 0 radical (unpaired) electrons. The molecular formula is C10H16N2S. The first-order valence-corrected chi connectivity index (χ1v) is 5.84. The molecule has 0 saturated heterocycles. The van der Waals surface area contributed by atoms with Gasteiger partial charge in [0.05, 0.1) is 0 Å². The van der Waals surface area contributed by atoms with Gasteiger partial charge in [0.25, 0.3) is 0 Å². The fourth-order valence-electron chi connectivity index (χ4n) is 1.54. The van der Waals surface area contributed by atoms with Crippen LogP contribution in [0.4, 0.5) is 0 Å². The number of thiazole rings is 1. The van der Waals surface area contributed by atoms with Crippen molar-refractivity contribution in [3.05, 3.63) is 16.6 Å². The lowest BCUT2D eigenvalue weighted by atomic mass is 10.2. The van der Waals surface area contributed by atoms with Crippen molar-refractivity contribution in [2.45, 2.75) is 38.8 Å². The molecule has 1 saturated carbocycles. The van der Waals surface area contributed by atoms with Gasteiger partial charge in [-0.1, -0.05) is 12.8 Å². The summed E-state index contributed by atoms with van der Waals surface area (Å²) >= 11 is 1.73. The summed E-state index contributed by atoms with van der Waals surface area (Å²) in [5.74, 6) is 1.01. The van der Waals surface area contributed by atoms with E-state index in [2.05, 4.69) is 17.2 Å². The van der Waals surface area contributed by atoms with Crippen LogP contribution in [0.3, 0.4) is 0 Å². The Morgan fingerprint density at radius 3 is 3.15 bits per heavy atom. The Labute approximate surface area is 83.4 Å². The van der Waals surface area contributed by atoms with Crippen molar-refractivity contribution < 1.29 is 0 Å². The van der Waals surface area contributed by atoms with E-state index in [9.17, 15) is 0 Å². The summed E-state index contributed by atoms with van der Waals surface area (Å²) in [6.07, 6.45) is 6.10. The van der Waals surface area contributed by atoms with E-state index < -0.39 is 0 Å². The first-order chi connectivity index (χ1) is 6.34. The summed E-state index contributed by atoms with van der Waals surface area (Å²) in [6.45, 7) is 3.21. The van der Waals surface area contributed by atoms with Gasteiger partial charge in [0.2, 0.25) is 0 Å². The van der Waals surface area contributed by atoms with Crippen LogP contribution in [0.25, 0.3) is 0 Å². The number of nitrogens with one attached hydrogen (secondary N) is 1. The quantitative estimate of drug-likeness (QED) is 0.782. The largest absolute Gasteiger partial charge is 0.308 e. The Kier molecular flexibility index (Phi) is 2.96. The van der Waals surface area contributed by atoms with Gasteiger partial charge in [-0.3, -0.25) is 0 Å². The zero-order valence-corrected chi connectivity index (χ0v) is 8.81. The Morgan fingerprint density at radius 2 is 2.54 bits per heavy atom. The molecule has 0 bridgehead atoms. The van der Waals surface area contributed by atoms with E-state index in [1.54, 1.807) is 11.3 Å². The third-order valence-corrected chi connectivity index (χ3v) is 3.25. The zero-order valence-electron chi connectivity index (χ0n) is 7.99. The Morgan fingerprint density at radius 1 is 1.69 bits per heavy atom. The Bertz CT molecular complexity index is 241. The highest BCUT2D eigenvalue weighted by Crippen LogP contribution is 2.33. The van der Waals surface area contributed by atoms with E-state index in [1.807, 2.05) is 11.6 Å². The second-order valence-corrected chi connectivity index (χ2v) is 4.87. The molecule has 1 aliphatic carbocycles. The number of rotatable bonds is 5. The summed E-state index contributed by atoms with van der Waals surface area (Å²) in [5.41, 5.74) is 0. The summed E-state index contributed by atoms with van der Waals surface area (Å²) in [6, 6.07) is 0.649. The molecule has 1 aromatic heterocycles. The lowest BCUT2D eigenvalue weighted by Crippen LogP contribution is -2.25. The molecule has 13 heavy (non-hydrogen) atoms. The van der Waals surface area contributed by atoms with Crippen LogP contribution in [0.2, 0.25) is 0 Å². The Balaban J connectivity index is 1.66. The van der Waals surface area contributed by atoms with Gasteiger partial charge < -0.3 is 5.32 Å². The predicted molar refractivity (Wildman–Crippen MR) is 55.8 cm³/mol. The van der Waals surface area contributed by atoms with Crippen molar-refractivity contribution in [3.8, 4) is 0 Å². The summed E-state index contributed by atoms with van der Waals surface area (Å²) in [5, 5.41) is 6.73. The average Bonchev–Trinajstić information content (AvgIpc) is 2.78. The summed E-state index contributed by atoms with van der Waals surface area (Å²) in [4.78, 5) is 4.24. The number of hydrogen-bond donors (Lipinski definition) is 1. The molecule has 0 amide bonds. The number of aromatic nitrogens is 1. The van der Waals surface area contributed by atoms with Gasteiger partial charge in [-0.2, -0.15) is 0 Å². The molecule has 72 valence electrons. The third-order valence-electron chi connectivity index (χ3n) is 2.47. The third kappa shape index (κ3) is 3.08. The fourth-order valence-corrected chi connectivity index (χ4v) is 2.11. The highest BCUT2D eigenvalue weighted by Gasteiger charge is 2.23. The van der Waals surface area contributed by atoms with Crippen molar-refractivity contribution in [1.82, 2.24) is 10.3 Å². The molecule has 2 nitrogen and oxygen atoms in total. The van der Waals surface area contributed by atoms with Gasteiger partial charge in [-0.25, -0.2) is 4.98 Å². The maximum atomic E-state index is 4.24. The second kappa shape index (κ2) is 4.20. The van der Waals surface area contributed by atoms with Gasteiger partial charge in [0, 0.05) is 24.2 Å². The molecule has 1 unspecified atom stereocenters. The van der Waals surface area contributed by atoms with Crippen LogP contribution in [-0.4, -0.2) is 11.0 Å². The predicted octanol–water partition coefficient (Wildman–Crippen LogP) is 2.42. The van der Waals surface area contributed by atoms with Crippen molar-refractivity contribution in [2.24, 2.45) is 5.92 Å². The Hall–Kier alpha value is -0.410. The lowest BCUT2D eigenvalue weighted by Gasteiger charge is -2.11. The highest BCUT2D eigenvalue weighted by atomic mass is 32.1. The minimum Gasteiger partial charge on any atom is -0.308 e. The van der Waals surface area contributed by atoms with E-state index >= 15 is 0 Å². The first kappa shape index (κ1) is 9.16. The van der Waals surface area contributed by atoms with E-state index in [0.29, 0.717) is 6.04 Å². The lowest BCUT2D eigenvalue weighted by molar-refractivity contribution is 0.487. The van der Waals surface area contributed by atoms with E-state index in [1.165, 1.54) is 24.3 Å². The summed E-state index contributed by atoms with van der Waals surface area (Å²) < 4.78 is 0. The maximum Gasteiger partial charge on any atom is 0.106 e. The van der Waals surface area contributed by atoms with Crippen LogP contribution in [0, 0.1) is 5.92 Å².